The van der Waals surface area contributed by atoms with Gasteiger partial charge in [-0.15, -0.1) is 10.2 Å². The number of aromatic nitrogens is 2. The molecule has 0 N–H and O–H groups in total. The van der Waals surface area contributed by atoms with Gasteiger partial charge in [0, 0.05) is 6.07 Å². The Kier molecular flexibility index (Phi) is 2.48. The van der Waals surface area contributed by atoms with Crippen molar-refractivity contribution >= 4 is 11.6 Å². The highest BCUT2D eigenvalue weighted by Crippen LogP contribution is 2.24. The predicted molar refractivity (Wildman–Crippen MR) is 40.1 cm³/mol. The maximum absolute atomic E-state index is 5.54. The lowest BCUT2D eigenvalue weighted by atomic mass is 10.5. The summed E-state index contributed by atoms with van der Waals surface area (Å²) in [6, 6.07) is 1.54. The van der Waals surface area contributed by atoms with E-state index in [0.29, 0.717) is 11.6 Å². The molecule has 1 heterocycles. The summed E-state index contributed by atoms with van der Waals surface area (Å²) in [5.41, 5.74) is 0. The topological polar surface area (TPSA) is 44.2 Å². The summed E-state index contributed by atoms with van der Waals surface area (Å²) in [5, 5.41) is 7.49. The van der Waals surface area contributed by atoms with Gasteiger partial charge in [0.1, 0.15) is 0 Å². The summed E-state index contributed by atoms with van der Waals surface area (Å²) >= 11 is 5.54. The highest BCUT2D eigenvalue weighted by atomic mass is 35.5. The second kappa shape index (κ2) is 3.39. The average molecular weight is 175 g/mol. The van der Waals surface area contributed by atoms with Crippen LogP contribution in [0, 0.1) is 0 Å². The van der Waals surface area contributed by atoms with Crippen molar-refractivity contribution in [3.63, 3.8) is 0 Å². The Balaban J connectivity index is 3.06. The molecule has 1 aromatic rings. The summed E-state index contributed by atoms with van der Waals surface area (Å²) in [4.78, 5) is 0. The van der Waals surface area contributed by atoms with Crippen LogP contribution >= 0.6 is 11.6 Å². The van der Waals surface area contributed by atoms with E-state index in [0.717, 1.165) is 0 Å². The molecule has 0 aliphatic heterocycles. The first-order valence-electron chi connectivity index (χ1n) is 2.89. The van der Waals surface area contributed by atoms with Gasteiger partial charge in [0.25, 0.3) is 5.88 Å². The van der Waals surface area contributed by atoms with Crippen LogP contribution in [0.3, 0.4) is 0 Å². The number of halogens is 1. The molecule has 0 saturated heterocycles. The zero-order valence-corrected chi connectivity index (χ0v) is 6.92. The van der Waals surface area contributed by atoms with Gasteiger partial charge < -0.3 is 9.47 Å². The van der Waals surface area contributed by atoms with Gasteiger partial charge in [0.15, 0.2) is 10.9 Å². The zero-order valence-electron chi connectivity index (χ0n) is 6.17. The van der Waals surface area contributed by atoms with Crippen LogP contribution in [0.25, 0.3) is 0 Å². The fraction of sp³-hybridized carbons (Fsp3) is 0.333. The lowest BCUT2D eigenvalue weighted by molar-refractivity contribution is 0.338. The van der Waals surface area contributed by atoms with Gasteiger partial charge in [-0.3, -0.25) is 0 Å². The van der Waals surface area contributed by atoms with Crippen molar-refractivity contribution in [3.05, 3.63) is 11.2 Å². The smallest absolute Gasteiger partial charge is 0.276 e. The minimum absolute atomic E-state index is 0.280. The van der Waals surface area contributed by atoms with E-state index in [4.69, 9.17) is 21.1 Å². The third-order valence-corrected chi connectivity index (χ3v) is 1.30. The number of nitrogens with zero attached hydrogens (tertiary/aromatic N) is 2. The van der Waals surface area contributed by atoms with Gasteiger partial charge in [-0.25, -0.2) is 0 Å². The molecule has 60 valence electrons. The Morgan fingerprint density at radius 1 is 1.27 bits per heavy atom. The SMILES string of the molecule is COc1cc(Cl)nnc1OC. The lowest BCUT2D eigenvalue weighted by Crippen LogP contribution is -1.95. The Labute approximate surface area is 69.1 Å². The summed E-state index contributed by atoms with van der Waals surface area (Å²) in [6.07, 6.45) is 0. The average Bonchev–Trinajstić information content (AvgIpc) is 2.04. The van der Waals surface area contributed by atoms with Crippen LogP contribution in [0.1, 0.15) is 0 Å². The molecule has 0 amide bonds. The van der Waals surface area contributed by atoms with Gasteiger partial charge in [-0.1, -0.05) is 11.6 Å². The molecule has 5 heteroatoms. The standard InChI is InChI=1S/C6H7ClN2O2/c1-10-4-3-5(7)8-9-6(4)11-2/h3H,1-2H3. The Morgan fingerprint density at radius 3 is 2.55 bits per heavy atom. The van der Waals surface area contributed by atoms with Gasteiger partial charge in [-0.05, 0) is 0 Å². The molecule has 0 saturated carbocycles. The molecule has 1 aromatic heterocycles. The van der Waals surface area contributed by atoms with Crippen molar-refractivity contribution in [1.29, 1.82) is 0 Å². The highest BCUT2D eigenvalue weighted by Gasteiger charge is 2.05. The molecular formula is C6H7ClN2O2. The summed E-state index contributed by atoms with van der Waals surface area (Å²) in [7, 11) is 3.00. The maximum Gasteiger partial charge on any atom is 0.276 e. The normalized spacial score (nSPS) is 9.36. The maximum atomic E-state index is 5.54. The van der Waals surface area contributed by atoms with Crippen molar-refractivity contribution in [1.82, 2.24) is 10.2 Å². The van der Waals surface area contributed by atoms with E-state index in [1.807, 2.05) is 0 Å². The molecule has 0 radical (unpaired) electrons. The summed E-state index contributed by atoms with van der Waals surface area (Å²) < 4.78 is 9.74. The quantitative estimate of drug-likeness (QED) is 0.675. The number of methoxy groups -OCH3 is 2. The van der Waals surface area contributed by atoms with Gasteiger partial charge >= 0.3 is 0 Å². The molecule has 0 aliphatic rings. The van der Waals surface area contributed by atoms with Gasteiger partial charge in [0.05, 0.1) is 14.2 Å². The second-order valence-electron chi connectivity index (χ2n) is 1.74. The fourth-order valence-electron chi connectivity index (χ4n) is 0.629. The Hall–Kier alpha value is -1.03. The molecule has 0 atom stereocenters. The van der Waals surface area contributed by atoms with Crippen LogP contribution in [0.5, 0.6) is 11.6 Å². The van der Waals surface area contributed by atoms with E-state index < -0.39 is 0 Å². The first-order valence-corrected chi connectivity index (χ1v) is 3.27. The van der Waals surface area contributed by atoms with E-state index in [1.54, 1.807) is 0 Å². The van der Waals surface area contributed by atoms with Crippen LogP contribution < -0.4 is 9.47 Å². The van der Waals surface area contributed by atoms with Crippen LogP contribution in [-0.4, -0.2) is 24.4 Å². The van der Waals surface area contributed by atoms with Crippen LogP contribution in [0.2, 0.25) is 5.15 Å². The number of rotatable bonds is 2. The largest absolute Gasteiger partial charge is 0.491 e. The summed E-state index contributed by atoms with van der Waals surface area (Å²) in [5.74, 6) is 0.810. The number of hydrogen-bond donors (Lipinski definition) is 0. The van der Waals surface area contributed by atoms with E-state index in [2.05, 4.69) is 10.2 Å². The first kappa shape index (κ1) is 8.07. The second-order valence-corrected chi connectivity index (χ2v) is 2.13. The third kappa shape index (κ3) is 1.71. The molecule has 4 nitrogen and oxygen atoms in total. The van der Waals surface area contributed by atoms with Crippen molar-refractivity contribution in [2.45, 2.75) is 0 Å². The zero-order chi connectivity index (χ0) is 8.27. The van der Waals surface area contributed by atoms with Crippen molar-refractivity contribution in [2.75, 3.05) is 14.2 Å². The van der Waals surface area contributed by atoms with E-state index in [1.165, 1.54) is 20.3 Å². The van der Waals surface area contributed by atoms with E-state index in [-0.39, 0.29) is 5.15 Å². The Morgan fingerprint density at radius 2 is 2.00 bits per heavy atom. The minimum atomic E-state index is 0.280. The van der Waals surface area contributed by atoms with Gasteiger partial charge in [-0.2, -0.15) is 0 Å². The molecule has 0 bridgehead atoms. The molecular weight excluding hydrogens is 168 g/mol. The van der Waals surface area contributed by atoms with Crippen LogP contribution in [0.4, 0.5) is 0 Å². The highest BCUT2D eigenvalue weighted by molar-refractivity contribution is 6.29. The van der Waals surface area contributed by atoms with Crippen molar-refractivity contribution in [2.24, 2.45) is 0 Å². The Bertz CT molecular complexity index is 254. The van der Waals surface area contributed by atoms with E-state index in [9.17, 15) is 0 Å². The summed E-state index contributed by atoms with van der Waals surface area (Å²) in [6.45, 7) is 0. The monoisotopic (exact) mass is 174 g/mol. The number of ether oxygens (including phenoxy) is 2. The van der Waals surface area contributed by atoms with Gasteiger partial charge in [0.2, 0.25) is 0 Å². The third-order valence-electron chi connectivity index (χ3n) is 1.11. The molecule has 1 rings (SSSR count). The first-order chi connectivity index (χ1) is 5.27. The predicted octanol–water partition coefficient (Wildman–Crippen LogP) is 1.15. The molecule has 0 unspecified atom stereocenters. The molecule has 0 fully saturated rings. The lowest BCUT2D eigenvalue weighted by Gasteiger charge is -2.03. The molecule has 0 spiro atoms. The minimum Gasteiger partial charge on any atom is -0.491 e. The van der Waals surface area contributed by atoms with Crippen LogP contribution in [0.15, 0.2) is 6.07 Å². The van der Waals surface area contributed by atoms with E-state index >= 15 is 0 Å². The van der Waals surface area contributed by atoms with Crippen molar-refractivity contribution in [3.8, 4) is 11.6 Å². The number of hydrogen-bond acceptors (Lipinski definition) is 4. The molecule has 0 aromatic carbocycles. The fourth-order valence-corrected chi connectivity index (χ4v) is 0.766. The molecule has 0 aliphatic carbocycles. The van der Waals surface area contributed by atoms with Crippen LogP contribution in [-0.2, 0) is 0 Å². The molecule has 11 heavy (non-hydrogen) atoms. The van der Waals surface area contributed by atoms with Crippen molar-refractivity contribution < 1.29 is 9.47 Å².